The number of imidazole rings is 2. The number of hydrogen-bond acceptors (Lipinski definition) is 3. The van der Waals surface area contributed by atoms with Gasteiger partial charge in [0.25, 0.3) is 0 Å². The number of nitrogens with one attached hydrogen (secondary N) is 2. The zero-order chi connectivity index (χ0) is 12.8. The molecule has 19 heavy (non-hydrogen) atoms. The molecule has 3 heterocycles. The van der Waals surface area contributed by atoms with E-state index in [0.29, 0.717) is 6.04 Å². The Hall–Kier alpha value is -2.30. The summed E-state index contributed by atoms with van der Waals surface area (Å²) in [6.07, 6.45) is 6.42. The quantitative estimate of drug-likeness (QED) is 0.754. The topological polar surface area (TPSA) is 58.0 Å². The van der Waals surface area contributed by atoms with E-state index in [0.717, 1.165) is 28.7 Å². The molecule has 0 spiro atoms. The lowest BCUT2D eigenvalue weighted by Gasteiger charge is -2.05. The summed E-state index contributed by atoms with van der Waals surface area (Å²) in [4.78, 5) is 12.3. The van der Waals surface area contributed by atoms with E-state index in [2.05, 4.69) is 19.7 Å². The Morgan fingerprint density at radius 1 is 1.32 bits per heavy atom. The Bertz CT molecular complexity index is 735. The summed E-state index contributed by atoms with van der Waals surface area (Å²) in [5, 5.41) is 3.56. The largest absolute Gasteiger partial charge is 0.367 e. The highest BCUT2D eigenvalue weighted by Crippen LogP contribution is 2.32. The molecular formula is C14H15N5. The third kappa shape index (κ3) is 1.78. The van der Waals surface area contributed by atoms with Crippen molar-refractivity contribution in [2.24, 2.45) is 0 Å². The van der Waals surface area contributed by atoms with E-state index in [9.17, 15) is 0 Å². The molecule has 5 heteroatoms. The number of aromatic nitrogens is 4. The molecule has 96 valence electrons. The number of nitrogens with zero attached hydrogens (tertiary/aromatic N) is 3. The summed E-state index contributed by atoms with van der Waals surface area (Å²) >= 11 is 0. The van der Waals surface area contributed by atoms with Gasteiger partial charge in [-0.25, -0.2) is 9.97 Å². The van der Waals surface area contributed by atoms with Gasteiger partial charge in [-0.15, -0.1) is 0 Å². The predicted octanol–water partition coefficient (Wildman–Crippen LogP) is 2.61. The second kappa shape index (κ2) is 3.85. The second-order valence-corrected chi connectivity index (χ2v) is 5.03. The highest BCUT2D eigenvalue weighted by atomic mass is 15.2. The SMILES string of the molecule is Cc1nc(-c2nc3ccccn3c2NC2CC2)c[nH]1. The van der Waals surface area contributed by atoms with Gasteiger partial charge in [-0.05, 0) is 31.9 Å². The average Bonchev–Trinajstić information content (AvgIpc) is 3.02. The van der Waals surface area contributed by atoms with Crippen LogP contribution in [0.15, 0.2) is 30.6 Å². The van der Waals surface area contributed by atoms with Crippen LogP contribution in [-0.4, -0.2) is 25.4 Å². The minimum absolute atomic E-state index is 0.582. The van der Waals surface area contributed by atoms with Crippen molar-refractivity contribution in [1.29, 1.82) is 0 Å². The van der Waals surface area contributed by atoms with Gasteiger partial charge in [0.15, 0.2) is 0 Å². The molecule has 0 aromatic carbocycles. The second-order valence-electron chi connectivity index (χ2n) is 5.03. The van der Waals surface area contributed by atoms with Gasteiger partial charge in [-0.2, -0.15) is 0 Å². The number of aromatic amines is 1. The van der Waals surface area contributed by atoms with Crippen LogP contribution in [0.5, 0.6) is 0 Å². The van der Waals surface area contributed by atoms with Crippen LogP contribution < -0.4 is 5.32 Å². The van der Waals surface area contributed by atoms with Crippen molar-refractivity contribution in [1.82, 2.24) is 19.4 Å². The smallest absolute Gasteiger partial charge is 0.140 e. The first-order valence-corrected chi connectivity index (χ1v) is 6.57. The van der Waals surface area contributed by atoms with Crippen molar-refractivity contribution >= 4 is 11.5 Å². The van der Waals surface area contributed by atoms with Crippen molar-refractivity contribution in [2.45, 2.75) is 25.8 Å². The highest BCUT2D eigenvalue weighted by molar-refractivity contribution is 5.74. The van der Waals surface area contributed by atoms with E-state index in [4.69, 9.17) is 4.98 Å². The Morgan fingerprint density at radius 3 is 2.95 bits per heavy atom. The molecule has 0 aliphatic heterocycles. The summed E-state index contributed by atoms with van der Waals surface area (Å²) in [5.74, 6) is 1.95. The van der Waals surface area contributed by atoms with Crippen LogP contribution in [0.25, 0.3) is 17.0 Å². The summed E-state index contributed by atoms with van der Waals surface area (Å²) in [6, 6.07) is 6.62. The third-order valence-corrected chi connectivity index (χ3v) is 3.40. The summed E-state index contributed by atoms with van der Waals surface area (Å²) < 4.78 is 2.09. The molecule has 0 saturated heterocycles. The first kappa shape index (κ1) is 10.6. The van der Waals surface area contributed by atoms with Crippen LogP contribution in [0.1, 0.15) is 18.7 Å². The van der Waals surface area contributed by atoms with E-state index in [1.165, 1.54) is 12.8 Å². The highest BCUT2D eigenvalue weighted by Gasteiger charge is 2.25. The predicted molar refractivity (Wildman–Crippen MR) is 74.2 cm³/mol. The Balaban J connectivity index is 1.92. The van der Waals surface area contributed by atoms with Gasteiger partial charge in [0.1, 0.15) is 28.7 Å². The number of H-pyrrole nitrogens is 1. The van der Waals surface area contributed by atoms with Gasteiger partial charge < -0.3 is 10.3 Å². The van der Waals surface area contributed by atoms with E-state index >= 15 is 0 Å². The maximum absolute atomic E-state index is 4.70. The van der Waals surface area contributed by atoms with Crippen LogP contribution >= 0.6 is 0 Å². The molecule has 1 fully saturated rings. The fraction of sp³-hybridized carbons (Fsp3) is 0.286. The Morgan fingerprint density at radius 2 is 2.21 bits per heavy atom. The zero-order valence-corrected chi connectivity index (χ0v) is 10.7. The first-order valence-electron chi connectivity index (χ1n) is 6.57. The number of hydrogen-bond donors (Lipinski definition) is 2. The van der Waals surface area contributed by atoms with Crippen LogP contribution in [0, 0.1) is 6.92 Å². The van der Waals surface area contributed by atoms with Gasteiger partial charge in [0.05, 0.1) is 0 Å². The standard InChI is InChI=1S/C14H15N5/c1-9-15-8-11(16-9)13-14(17-10-5-6-10)19-7-3-2-4-12(19)18-13/h2-4,7-8,10,17H,5-6H2,1H3,(H,15,16). The molecule has 3 aromatic rings. The van der Waals surface area contributed by atoms with Crippen molar-refractivity contribution in [2.75, 3.05) is 5.32 Å². The van der Waals surface area contributed by atoms with Crippen LogP contribution in [0.4, 0.5) is 5.82 Å². The number of fused-ring (bicyclic) bond motifs is 1. The number of pyridine rings is 1. The zero-order valence-electron chi connectivity index (χ0n) is 10.7. The molecule has 0 amide bonds. The van der Waals surface area contributed by atoms with E-state index in [1.807, 2.05) is 37.5 Å². The monoisotopic (exact) mass is 253 g/mol. The number of aryl methyl sites for hydroxylation is 1. The number of rotatable bonds is 3. The summed E-state index contributed by atoms with van der Waals surface area (Å²) in [7, 11) is 0. The van der Waals surface area contributed by atoms with Gasteiger partial charge in [-0.3, -0.25) is 4.40 Å². The van der Waals surface area contributed by atoms with Gasteiger partial charge in [0, 0.05) is 18.4 Å². The lowest BCUT2D eigenvalue weighted by Crippen LogP contribution is -2.04. The number of anilines is 1. The van der Waals surface area contributed by atoms with Crippen LogP contribution in [0.3, 0.4) is 0 Å². The first-order chi connectivity index (χ1) is 9.31. The molecule has 0 bridgehead atoms. The Labute approximate surface area is 110 Å². The van der Waals surface area contributed by atoms with E-state index in [1.54, 1.807) is 0 Å². The fourth-order valence-electron chi connectivity index (χ4n) is 2.27. The fourth-order valence-corrected chi connectivity index (χ4v) is 2.27. The molecule has 0 radical (unpaired) electrons. The average molecular weight is 253 g/mol. The lowest BCUT2D eigenvalue weighted by atomic mass is 10.3. The van der Waals surface area contributed by atoms with Gasteiger partial charge in [-0.1, -0.05) is 6.07 Å². The molecule has 4 rings (SSSR count). The van der Waals surface area contributed by atoms with Gasteiger partial charge >= 0.3 is 0 Å². The Kier molecular flexibility index (Phi) is 2.15. The molecule has 2 N–H and O–H groups in total. The molecular weight excluding hydrogens is 238 g/mol. The normalized spacial score (nSPS) is 15.0. The summed E-state index contributed by atoms with van der Waals surface area (Å²) in [6.45, 7) is 1.95. The molecule has 0 atom stereocenters. The van der Waals surface area contributed by atoms with Crippen molar-refractivity contribution in [3.63, 3.8) is 0 Å². The minimum Gasteiger partial charge on any atom is -0.367 e. The van der Waals surface area contributed by atoms with Crippen molar-refractivity contribution in [3.8, 4) is 11.4 Å². The summed E-state index contributed by atoms with van der Waals surface area (Å²) in [5.41, 5.74) is 2.76. The molecule has 0 unspecified atom stereocenters. The molecule has 1 aliphatic rings. The van der Waals surface area contributed by atoms with Gasteiger partial charge in [0.2, 0.25) is 0 Å². The molecule has 3 aromatic heterocycles. The molecule has 1 saturated carbocycles. The third-order valence-electron chi connectivity index (χ3n) is 3.40. The van der Waals surface area contributed by atoms with Crippen LogP contribution in [0.2, 0.25) is 0 Å². The maximum Gasteiger partial charge on any atom is 0.140 e. The van der Waals surface area contributed by atoms with E-state index in [-0.39, 0.29) is 0 Å². The van der Waals surface area contributed by atoms with Crippen molar-refractivity contribution in [3.05, 3.63) is 36.4 Å². The van der Waals surface area contributed by atoms with E-state index < -0.39 is 0 Å². The van der Waals surface area contributed by atoms with Crippen molar-refractivity contribution < 1.29 is 0 Å². The minimum atomic E-state index is 0.582. The van der Waals surface area contributed by atoms with Crippen LogP contribution in [-0.2, 0) is 0 Å². The molecule has 5 nitrogen and oxygen atoms in total. The lowest BCUT2D eigenvalue weighted by molar-refractivity contribution is 1.08. The molecule has 1 aliphatic carbocycles. The maximum atomic E-state index is 4.70.